The lowest BCUT2D eigenvalue weighted by Gasteiger charge is -2.16. The van der Waals surface area contributed by atoms with Crippen molar-refractivity contribution in [3.05, 3.63) is 71.4 Å². The summed E-state index contributed by atoms with van der Waals surface area (Å²) in [7, 11) is 1.61. The number of aliphatic carboxylic acids is 1. The van der Waals surface area contributed by atoms with E-state index in [2.05, 4.69) is 27.9 Å². The van der Waals surface area contributed by atoms with Crippen LogP contribution in [0, 0.1) is 5.92 Å². The van der Waals surface area contributed by atoms with E-state index in [0.29, 0.717) is 0 Å². The fourth-order valence-corrected chi connectivity index (χ4v) is 4.66. The quantitative estimate of drug-likeness (QED) is 0.498. The predicted molar refractivity (Wildman–Crippen MR) is 125 cm³/mol. The van der Waals surface area contributed by atoms with Gasteiger partial charge in [-0.2, -0.15) is 5.10 Å². The number of ether oxygens (including phenoxy) is 2. The van der Waals surface area contributed by atoms with Gasteiger partial charge in [0.05, 0.1) is 19.3 Å². The van der Waals surface area contributed by atoms with Crippen LogP contribution in [0.25, 0.3) is 11.1 Å². The third kappa shape index (κ3) is 4.35. The van der Waals surface area contributed by atoms with E-state index in [-0.39, 0.29) is 37.1 Å². The average molecular weight is 476 g/mol. The third-order valence-corrected chi connectivity index (χ3v) is 6.35. The molecule has 2 atom stereocenters. The number of carboxylic acid groups (broad SMARTS) is 1. The second-order valence-corrected chi connectivity index (χ2v) is 8.58. The van der Waals surface area contributed by atoms with Crippen molar-refractivity contribution in [3.63, 3.8) is 0 Å². The number of anilines is 1. The van der Waals surface area contributed by atoms with Crippen LogP contribution in [0.5, 0.6) is 0 Å². The van der Waals surface area contributed by atoms with E-state index < -0.39 is 29.9 Å². The Morgan fingerprint density at radius 3 is 2.40 bits per heavy atom. The molecule has 180 valence electrons. The molecule has 0 radical (unpaired) electrons. The zero-order valence-corrected chi connectivity index (χ0v) is 18.9. The molecule has 1 fully saturated rings. The molecule has 35 heavy (non-hydrogen) atoms. The van der Waals surface area contributed by atoms with Gasteiger partial charge in [-0.3, -0.25) is 19.6 Å². The Hall–Kier alpha value is -4.18. The molecule has 2 aromatic carbocycles. The van der Waals surface area contributed by atoms with Gasteiger partial charge < -0.3 is 19.9 Å². The number of aryl methyl sites for hydroxylation is 1. The maximum absolute atomic E-state index is 12.8. The van der Waals surface area contributed by atoms with Crippen LogP contribution in [0.1, 0.15) is 27.4 Å². The lowest BCUT2D eigenvalue weighted by Crippen LogP contribution is -2.42. The summed E-state index contributed by atoms with van der Waals surface area (Å²) in [5.41, 5.74) is 4.52. The van der Waals surface area contributed by atoms with Crippen LogP contribution in [-0.2, 0) is 21.3 Å². The number of carboxylic acids is 1. The van der Waals surface area contributed by atoms with Crippen molar-refractivity contribution in [3.8, 4) is 11.1 Å². The van der Waals surface area contributed by atoms with Gasteiger partial charge in [-0.15, -0.1) is 0 Å². The molecule has 1 aliphatic heterocycles. The lowest BCUT2D eigenvalue weighted by molar-refractivity contribution is -0.142. The van der Waals surface area contributed by atoms with Crippen LogP contribution in [0.3, 0.4) is 0 Å². The Labute approximate surface area is 200 Å². The van der Waals surface area contributed by atoms with E-state index in [1.807, 2.05) is 36.4 Å². The summed E-state index contributed by atoms with van der Waals surface area (Å²) in [6, 6.07) is 15.4. The van der Waals surface area contributed by atoms with E-state index in [4.69, 9.17) is 9.47 Å². The SMILES string of the molecule is Cn1cc(C(=O)NC2COCC2C(=O)O)c(NC(=O)OCC2c3ccccc3-c3ccccc32)n1. The number of carbonyl (C=O) groups excluding carboxylic acids is 2. The Kier molecular flexibility index (Phi) is 5.96. The first-order chi connectivity index (χ1) is 16.9. The summed E-state index contributed by atoms with van der Waals surface area (Å²) in [5.74, 6) is -2.53. The molecule has 2 amide bonds. The summed E-state index contributed by atoms with van der Waals surface area (Å²) in [6.45, 7) is 0.240. The van der Waals surface area contributed by atoms with Crippen molar-refractivity contribution >= 4 is 23.8 Å². The number of benzene rings is 2. The molecule has 2 aliphatic rings. The molecule has 0 saturated carbocycles. The lowest BCUT2D eigenvalue weighted by atomic mass is 9.98. The number of carbonyl (C=O) groups is 3. The van der Waals surface area contributed by atoms with Crippen LogP contribution in [0.2, 0.25) is 0 Å². The van der Waals surface area contributed by atoms with Gasteiger partial charge in [0, 0.05) is 19.2 Å². The van der Waals surface area contributed by atoms with E-state index >= 15 is 0 Å². The highest BCUT2D eigenvalue weighted by molar-refractivity contribution is 6.01. The summed E-state index contributed by atoms with van der Waals surface area (Å²) in [4.78, 5) is 36.8. The zero-order valence-electron chi connectivity index (χ0n) is 18.9. The number of rotatable bonds is 6. The van der Waals surface area contributed by atoms with Crippen LogP contribution in [0.15, 0.2) is 54.7 Å². The highest BCUT2D eigenvalue weighted by atomic mass is 16.5. The second-order valence-electron chi connectivity index (χ2n) is 8.58. The van der Waals surface area contributed by atoms with E-state index in [9.17, 15) is 19.5 Å². The number of hydrogen-bond donors (Lipinski definition) is 3. The van der Waals surface area contributed by atoms with Crippen molar-refractivity contribution in [1.82, 2.24) is 15.1 Å². The van der Waals surface area contributed by atoms with Gasteiger partial charge in [0.2, 0.25) is 0 Å². The molecule has 3 N–H and O–H groups in total. The second kappa shape index (κ2) is 9.22. The van der Waals surface area contributed by atoms with Gasteiger partial charge in [0.15, 0.2) is 5.82 Å². The zero-order chi connectivity index (χ0) is 24.5. The summed E-state index contributed by atoms with van der Waals surface area (Å²) in [6.07, 6.45) is 0.701. The molecule has 3 aromatic rings. The molecule has 10 nitrogen and oxygen atoms in total. The third-order valence-electron chi connectivity index (χ3n) is 6.35. The molecule has 1 aliphatic carbocycles. The molecule has 1 saturated heterocycles. The van der Waals surface area contributed by atoms with Gasteiger partial charge in [0.25, 0.3) is 5.91 Å². The molecule has 5 rings (SSSR count). The first-order valence-electron chi connectivity index (χ1n) is 11.2. The number of nitrogens with zero attached hydrogens (tertiary/aromatic N) is 2. The monoisotopic (exact) mass is 476 g/mol. The van der Waals surface area contributed by atoms with Gasteiger partial charge in [0.1, 0.15) is 18.1 Å². The van der Waals surface area contributed by atoms with Crippen molar-refractivity contribution < 1.29 is 29.0 Å². The largest absolute Gasteiger partial charge is 0.481 e. The van der Waals surface area contributed by atoms with Crippen molar-refractivity contribution in [2.45, 2.75) is 12.0 Å². The number of hydrogen-bond acceptors (Lipinski definition) is 6. The van der Waals surface area contributed by atoms with Crippen molar-refractivity contribution in [2.24, 2.45) is 13.0 Å². The maximum Gasteiger partial charge on any atom is 0.412 e. The average Bonchev–Trinajstić information content (AvgIpc) is 3.53. The Bertz CT molecular complexity index is 1260. The molecule has 10 heteroatoms. The van der Waals surface area contributed by atoms with Crippen molar-refractivity contribution in [1.29, 1.82) is 0 Å². The highest BCUT2D eigenvalue weighted by Gasteiger charge is 2.36. The molecule has 0 spiro atoms. The van der Waals surface area contributed by atoms with Crippen LogP contribution < -0.4 is 10.6 Å². The van der Waals surface area contributed by atoms with Crippen LogP contribution >= 0.6 is 0 Å². The number of nitrogens with one attached hydrogen (secondary N) is 2. The minimum absolute atomic E-state index is 0.0213. The molecular weight excluding hydrogens is 452 g/mol. The standard InChI is InChI=1S/C25H24N4O6/c1-29-10-18(23(30)26-21-13-34-11-20(21)24(31)32)22(28-29)27-25(33)35-12-19-16-8-4-2-6-14(16)15-7-3-5-9-17(15)19/h2-10,19-21H,11-13H2,1H3,(H,26,30)(H,31,32)(H,27,28,33). The molecule has 2 unspecified atom stereocenters. The summed E-state index contributed by atoms with van der Waals surface area (Å²) < 4.78 is 12.1. The van der Waals surface area contributed by atoms with Gasteiger partial charge in [-0.1, -0.05) is 48.5 Å². The predicted octanol–water partition coefficient (Wildman–Crippen LogP) is 2.61. The first kappa shape index (κ1) is 22.6. The normalized spacial score (nSPS) is 18.5. The first-order valence-corrected chi connectivity index (χ1v) is 11.2. The van der Waals surface area contributed by atoms with Crippen molar-refractivity contribution in [2.75, 3.05) is 25.1 Å². The Morgan fingerprint density at radius 1 is 1.09 bits per heavy atom. The summed E-state index contributed by atoms with van der Waals surface area (Å²) >= 11 is 0. The maximum atomic E-state index is 12.8. The van der Waals surface area contributed by atoms with Crippen LogP contribution in [-0.4, -0.2) is 58.7 Å². The minimum Gasteiger partial charge on any atom is -0.481 e. The van der Waals surface area contributed by atoms with E-state index in [0.717, 1.165) is 22.3 Å². The van der Waals surface area contributed by atoms with E-state index in [1.54, 1.807) is 7.05 Å². The van der Waals surface area contributed by atoms with E-state index in [1.165, 1.54) is 10.9 Å². The molecule has 2 heterocycles. The number of aromatic nitrogens is 2. The van der Waals surface area contributed by atoms with Crippen LogP contribution in [0.4, 0.5) is 10.6 Å². The Morgan fingerprint density at radius 2 is 1.74 bits per heavy atom. The molecule has 1 aromatic heterocycles. The fraction of sp³-hybridized carbons (Fsp3) is 0.280. The number of fused-ring (bicyclic) bond motifs is 3. The number of amides is 2. The minimum atomic E-state index is -1.05. The van der Waals surface area contributed by atoms with Gasteiger partial charge in [-0.25, -0.2) is 4.79 Å². The molecular formula is C25H24N4O6. The van der Waals surface area contributed by atoms with Gasteiger partial charge in [-0.05, 0) is 22.3 Å². The van der Waals surface area contributed by atoms with Gasteiger partial charge >= 0.3 is 12.1 Å². The topological polar surface area (TPSA) is 132 Å². The summed E-state index contributed by atoms with van der Waals surface area (Å²) in [5, 5.41) is 18.6. The smallest absolute Gasteiger partial charge is 0.412 e. The fourth-order valence-electron chi connectivity index (χ4n) is 4.66. The Balaban J connectivity index is 1.26. The molecule has 0 bridgehead atoms. The highest BCUT2D eigenvalue weighted by Crippen LogP contribution is 2.44.